The summed E-state index contributed by atoms with van der Waals surface area (Å²) in [6.45, 7) is 9.45. The maximum atomic E-state index is 13.6. The van der Waals surface area contributed by atoms with Crippen LogP contribution in [0.1, 0.15) is 49.5 Å². The van der Waals surface area contributed by atoms with E-state index in [0.29, 0.717) is 25.2 Å². The van der Waals surface area contributed by atoms with Crippen molar-refractivity contribution in [3.05, 3.63) is 35.1 Å². The smallest absolute Gasteiger partial charge is 0.378 e. The molecular weight excluding hydrogens is 414 g/mol. The Morgan fingerprint density at radius 2 is 1.84 bits per heavy atom. The van der Waals surface area contributed by atoms with Crippen LogP contribution in [0.15, 0.2) is 18.2 Å². The van der Waals surface area contributed by atoms with Gasteiger partial charge in [0.2, 0.25) is 0 Å². The number of aliphatic hydroxyl groups excluding tert-OH is 1. The molecule has 0 saturated carbocycles. The Balaban J connectivity index is 1.82. The molecule has 9 heteroatoms. The highest BCUT2D eigenvalue weighted by Gasteiger charge is 2.32. The van der Waals surface area contributed by atoms with Crippen LogP contribution in [0.25, 0.3) is 0 Å². The summed E-state index contributed by atoms with van der Waals surface area (Å²) in [5.74, 6) is -1.47. The summed E-state index contributed by atoms with van der Waals surface area (Å²) in [5.41, 5.74) is -1.69. The maximum Gasteiger partial charge on any atom is 0.416 e. The number of halogens is 4. The molecule has 1 fully saturated rings. The Hall–Kier alpha value is -1.71. The summed E-state index contributed by atoms with van der Waals surface area (Å²) in [6, 6.07) is 1.93. The largest absolute Gasteiger partial charge is 0.416 e. The zero-order valence-electron chi connectivity index (χ0n) is 18.6. The van der Waals surface area contributed by atoms with Gasteiger partial charge in [-0.2, -0.15) is 13.2 Å². The van der Waals surface area contributed by atoms with Gasteiger partial charge in [-0.1, -0.05) is 20.8 Å². The molecule has 1 aromatic rings. The van der Waals surface area contributed by atoms with Gasteiger partial charge >= 0.3 is 6.18 Å². The van der Waals surface area contributed by atoms with Crippen LogP contribution < -0.4 is 5.32 Å². The average Bonchev–Trinajstić information content (AvgIpc) is 2.66. The Labute approximate surface area is 181 Å². The predicted molar refractivity (Wildman–Crippen MR) is 111 cm³/mol. The molecule has 0 aromatic heterocycles. The monoisotopic (exact) mass is 447 g/mol. The number of benzene rings is 1. The van der Waals surface area contributed by atoms with Crippen molar-refractivity contribution in [2.45, 2.75) is 46.0 Å². The second kappa shape index (κ2) is 10.3. The van der Waals surface area contributed by atoms with Crippen molar-refractivity contribution in [2.75, 3.05) is 39.8 Å². The number of likely N-dealkylation sites (tertiary alicyclic amines) is 1. The minimum Gasteiger partial charge on any atom is -0.378 e. The molecule has 1 aliphatic rings. The van der Waals surface area contributed by atoms with Crippen LogP contribution in [0, 0.1) is 17.2 Å². The van der Waals surface area contributed by atoms with Gasteiger partial charge in [-0.3, -0.25) is 10.1 Å². The molecule has 1 atom stereocenters. The first-order valence-corrected chi connectivity index (χ1v) is 10.5. The molecule has 176 valence electrons. The fourth-order valence-electron chi connectivity index (χ4n) is 3.63. The standard InChI is InChI=1S/C22H33F4N3O2/c1-21(2,3)20(31)27-7-10-29-8-5-15(6-9-29)14-28(4)19(30)16-11-17(22(24,25)26)13-18(23)12-16/h11-13,15,20,27,31H,5-10,14H2,1-4H3. The normalized spacial score (nSPS) is 17.6. The van der Waals surface area contributed by atoms with E-state index in [9.17, 15) is 27.5 Å². The van der Waals surface area contributed by atoms with E-state index < -0.39 is 29.7 Å². The highest BCUT2D eigenvalue weighted by Crippen LogP contribution is 2.31. The molecule has 0 radical (unpaired) electrons. The Kier molecular flexibility index (Phi) is 8.47. The third-order valence-electron chi connectivity index (χ3n) is 5.64. The SMILES string of the molecule is CN(CC1CCN(CCNC(O)C(C)(C)C)CC1)C(=O)c1cc(F)cc(C(F)(F)F)c1. The molecule has 5 nitrogen and oxygen atoms in total. The van der Waals surface area contributed by atoms with Crippen LogP contribution in [0.5, 0.6) is 0 Å². The van der Waals surface area contributed by atoms with Gasteiger partial charge in [0.1, 0.15) is 12.0 Å². The summed E-state index contributed by atoms with van der Waals surface area (Å²) < 4.78 is 52.3. The first kappa shape index (κ1) is 25.5. The van der Waals surface area contributed by atoms with E-state index in [0.717, 1.165) is 38.5 Å². The highest BCUT2D eigenvalue weighted by molar-refractivity contribution is 5.94. The van der Waals surface area contributed by atoms with Gasteiger partial charge < -0.3 is 14.9 Å². The molecule has 2 rings (SSSR count). The first-order valence-electron chi connectivity index (χ1n) is 10.5. The van der Waals surface area contributed by atoms with E-state index in [1.165, 1.54) is 11.9 Å². The molecule has 0 aliphatic carbocycles. The van der Waals surface area contributed by atoms with Crippen molar-refractivity contribution in [3.8, 4) is 0 Å². The molecule has 2 N–H and O–H groups in total. The van der Waals surface area contributed by atoms with E-state index in [-0.39, 0.29) is 16.9 Å². The Morgan fingerprint density at radius 3 is 2.39 bits per heavy atom. The molecule has 0 spiro atoms. The lowest BCUT2D eigenvalue weighted by Gasteiger charge is -2.34. The van der Waals surface area contributed by atoms with E-state index in [1.54, 1.807) is 0 Å². The van der Waals surface area contributed by atoms with Crippen LogP contribution in [0.4, 0.5) is 17.6 Å². The Bertz CT molecular complexity index is 741. The average molecular weight is 448 g/mol. The van der Waals surface area contributed by atoms with Crippen molar-refractivity contribution >= 4 is 5.91 Å². The van der Waals surface area contributed by atoms with E-state index in [1.807, 2.05) is 20.8 Å². The van der Waals surface area contributed by atoms with Gasteiger partial charge in [-0.25, -0.2) is 4.39 Å². The van der Waals surface area contributed by atoms with Gasteiger partial charge in [0.05, 0.1) is 5.56 Å². The summed E-state index contributed by atoms with van der Waals surface area (Å²) in [4.78, 5) is 16.2. The van der Waals surface area contributed by atoms with Crippen molar-refractivity contribution in [2.24, 2.45) is 11.3 Å². The fourth-order valence-corrected chi connectivity index (χ4v) is 3.63. The van der Waals surface area contributed by atoms with Crippen LogP contribution in [0.2, 0.25) is 0 Å². The van der Waals surface area contributed by atoms with E-state index in [4.69, 9.17) is 0 Å². The molecule has 1 aliphatic heterocycles. The molecule has 1 saturated heterocycles. The zero-order chi connectivity index (χ0) is 23.4. The lowest BCUT2D eigenvalue weighted by Crippen LogP contribution is -2.45. The molecule has 1 heterocycles. The molecule has 1 aromatic carbocycles. The summed E-state index contributed by atoms with van der Waals surface area (Å²) in [5, 5.41) is 13.1. The maximum absolute atomic E-state index is 13.6. The zero-order valence-corrected chi connectivity index (χ0v) is 18.6. The lowest BCUT2D eigenvalue weighted by atomic mass is 9.94. The Morgan fingerprint density at radius 1 is 1.23 bits per heavy atom. The summed E-state index contributed by atoms with van der Waals surface area (Å²) in [6.07, 6.45) is -3.57. The summed E-state index contributed by atoms with van der Waals surface area (Å²) in [7, 11) is 1.53. The minimum absolute atomic E-state index is 0.230. The van der Waals surface area contributed by atoms with Crippen molar-refractivity contribution in [1.82, 2.24) is 15.1 Å². The quantitative estimate of drug-likeness (QED) is 0.496. The van der Waals surface area contributed by atoms with Crippen molar-refractivity contribution in [1.29, 1.82) is 0 Å². The van der Waals surface area contributed by atoms with Crippen LogP contribution >= 0.6 is 0 Å². The summed E-state index contributed by atoms with van der Waals surface area (Å²) >= 11 is 0. The molecular formula is C22H33F4N3O2. The van der Waals surface area contributed by atoms with Crippen molar-refractivity contribution in [3.63, 3.8) is 0 Å². The molecule has 1 amide bonds. The molecule has 1 unspecified atom stereocenters. The van der Waals surface area contributed by atoms with Crippen molar-refractivity contribution < 1.29 is 27.5 Å². The number of amides is 1. The van der Waals surface area contributed by atoms with Crippen LogP contribution in [-0.4, -0.2) is 66.8 Å². The van der Waals surface area contributed by atoms with E-state index >= 15 is 0 Å². The number of carbonyl (C=O) groups excluding carboxylic acids is 1. The highest BCUT2D eigenvalue weighted by atomic mass is 19.4. The number of hydrogen-bond donors (Lipinski definition) is 2. The molecule has 0 bridgehead atoms. The minimum atomic E-state index is -4.71. The number of carbonyl (C=O) groups is 1. The first-order chi connectivity index (χ1) is 14.3. The third kappa shape index (κ3) is 7.73. The number of alkyl halides is 3. The number of nitrogens with zero attached hydrogens (tertiary/aromatic N) is 2. The fraction of sp³-hybridized carbons (Fsp3) is 0.682. The molecule has 31 heavy (non-hydrogen) atoms. The van der Waals surface area contributed by atoms with Gasteiger partial charge in [-0.05, 0) is 50.0 Å². The number of rotatable bonds is 7. The van der Waals surface area contributed by atoms with Crippen LogP contribution in [-0.2, 0) is 6.18 Å². The topological polar surface area (TPSA) is 55.8 Å². The number of aliphatic hydroxyl groups is 1. The second-order valence-electron chi connectivity index (χ2n) is 9.42. The van der Waals surface area contributed by atoms with Gasteiger partial charge in [0.25, 0.3) is 5.91 Å². The third-order valence-corrected chi connectivity index (χ3v) is 5.64. The number of hydrogen-bond acceptors (Lipinski definition) is 4. The lowest BCUT2D eigenvalue weighted by molar-refractivity contribution is -0.137. The van der Waals surface area contributed by atoms with Gasteiger partial charge in [0.15, 0.2) is 0 Å². The number of piperidine rings is 1. The van der Waals surface area contributed by atoms with Gasteiger partial charge in [0, 0.05) is 37.7 Å². The number of nitrogens with one attached hydrogen (secondary N) is 1. The van der Waals surface area contributed by atoms with Crippen LogP contribution in [0.3, 0.4) is 0 Å². The van der Waals surface area contributed by atoms with Gasteiger partial charge in [-0.15, -0.1) is 0 Å². The second-order valence-corrected chi connectivity index (χ2v) is 9.42. The predicted octanol–water partition coefficient (Wildman–Crippen LogP) is 3.58. The van der Waals surface area contributed by atoms with E-state index in [2.05, 4.69) is 10.2 Å².